The van der Waals surface area contributed by atoms with E-state index in [4.69, 9.17) is 4.98 Å². The molecule has 114 valence electrons. The molecule has 0 saturated carbocycles. The Morgan fingerprint density at radius 3 is 2.57 bits per heavy atom. The fraction of sp³-hybridized carbons (Fsp3) is 0.471. The third kappa shape index (κ3) is 4.35. The van der Waals surface area contributed by atoms with Crippen molar-refractivity contribution in [2.75, 3.05) is 0 Å². The van der Waals surface area contributed by atoms with Crippen LogP contribution in [0.15, 0.2) is 24.3 Å². The topological polar surface area (TPSA) is 24.9 Å². The van der Waals surface area contributed by atoms with Crippen LogP contribution in [-0.2, 0) is 6.54 Å². The molecule has 0 atom stereocenters. The normalized spacial score (nSPS) is 12.1. The Morgan fingerprint density at radius 1 is 1.29 bits per heavy atom. The summed E-state index contributed by atoms with van der Waals surface area (Å²) in [5.74, 6) is 0.142. The van der Waals surface area contributed by atoms with Gasteiger partial charge in [-0.25, -0.2) is 9.37 Å². The van der Waals surface area contributed by atoms with Gasteiger partial charge in [-0.1, -0.05) is 26.0 Å². The predicted molar refractivity (Wildman–Crippen MR) is 88.2 cm³/mol. The molecule has 0 bridgehead atoms. The van der Waals surface area contributed by atoms with E-state index < -0.39 is 0 Å². The van der Waals surface area contributed by atoms with Crippen molar-refractivity contribution < 1.29 is 4.39 Å². The van der Waals surface area contributed by atoms with Gasteiger partial charge >= 0.3 is 0 Å². The van der Waals surface area contributed by atoms with Crippen molar-refractivity contribution in [1.29, 1.82) is 0 Å². The van der Waals surface area contributed by atoms with Crippen molar-refractivity contribution in [2.24, 2.45) is 0 Å². The second-order valence-electron chi connectivity index (χ2n) is 6.60. The van der Waals surface area contributed by atoms with E-state index >= 15 is 0 Å². The van der Waals surface area contributed by atoms with E-state index in [0.717, 1.165) is 22.8 Å². The minimum atomic E-state index is -0.219. The lowest BCUT2D eigenvalue weighted by atomic mass is 10.1. The third-order valence-corrected chi connectivity index (χ3v) is 4.25. The summed E-state index contributed by atoms with van der Waals surface area (Å²) in [6.07, 6.45) is 0. The summed E-state index contributed by atoms with van der Waals surface area (Å²) < 4.78 is 13.4. The summed E-state index contributed by atoms with van der Waals surface area (Å²) in [6.45, 7) is 11.5. The molecule has 2 aromatic rings. The highest BCUT2D eigenvalue weighted by Crippen LogP contribution is 2.32. The number of aromatic nitrogens is 1. The zero-order valence-corrected chi connectivity index (χ0v) is 14.1. The smallest absolute Gasteiger partial charge is 0.124 e. The number of hydrogen-bond donors (Lipinski definition) is 1. The molecule has 0 spiro atoms. The molecular weight excluding hydrogens is 283 g/mol. The lowest BCUT2D eigenvalue weighted by molar-refractivity contribution is 0.425. The Labute approximate surface area is 130 Å². The highest BCUT2D eigenvalue weighted by molar-refractivity contribution is 7.15. The third-order valence-electron chi connectivity index (χ3n) is 3.13. The van der Waals surface area contributed by atoms with Crippen LogP contribution >= 0.6 is 11.3 Å². The maximum absolute atomic E-state index is 13.4. The van der Waals surface area contributed by atoms with E-state index in [1.165, 1.54) is 10.9 Å². The van der Waals surface area contributed by atoms with Gasteiger partial charge < -0.3 is 5.32 Å². The van der Waals surface area contributed by atoms with Gasteiger partial charge in [0.15, 0.2) is 0 Å². The first kappa shape index (κ1) is 16.1. The van der Waals surface area contributed by atoms with Crippen LogP contribution in [0.25, 0.3) is 10.6 Å². The Morgan fingerprint density at radius 2 is 2.00 bits per heavy atom. The summed E-state index contributed by atoms with van der Waals surface area (Å²) >= 11 is 1.65. The van der Waals surface area contributed by atoms with Crippen LogP contribution in [-0.4, -0.2) is 10.5 Å². The van der Waals surface area contributed by atoms with Crippen LogP contribution in [0.2, 0.25) is 0 Å². The number of nitrogens with one attached hydrogen (secondary N) is 1. The van der Waals surface area contributed by atoms with Gasteiger partial charge in [0.2, 0.25) is 0 Å². The summed E-state index contributed by atoms with van der Waals surface area (Å²) in [7, 11) is 0. The summed E-state index contributed by atoms with van der Waals surface area (Å²) in [4.78, 5) is 5.97. The molecular formula is C17H23FN2S. The Balaban J connectivity index is 2.33. The molecule has 2 nitrogen and oxygen atoms in total. The molecule has 0 amide bonds. The van der Waals surface area contributed by atoms with Gasteiger partial charge in [-0.05, 0) is 38.8 Å². The average Bonchev–Trinajstić information content (AvgIpc) is 2.80. The van der Waals surface area contributed by atoms with Gasteiger partial charge in [0, 0.05) is 22.5 Å². The van der Waals surface area contributed by atoms with Gasteiger partial charge in [0.05, 0.1) is 5.69 Å². The number of halogens is 1. The van der Waals surface area contributed by atoms with E-state index in [1.54, 1.807) is 23.5 Å². The van der Waals surface area contributed by atoms with Crippen molar-refractivity contribution in [3.05, 3.63) is 40.7 Å². The Bertz CT molecular complexity index is 611. The zero-order valence-electron chi connectivity index (χ0n) is 13.3. The molecule has 0 radical (unpaired) electrons. The van der Waals surface area contributed by atoms with Crippen LogP contribution in [0.1, 0.15) is 51.1 Å². The molecule has 1 aromatic carbocycles. The van der Waals surface area contributed by atoms with Crippen LogP contribution in [0.4, 0.5) is 4.39 Å². The number of hydrogen-bond acceptors (Lipinski definition) is 3. The molecule has 0 aliphatic rings. The Kier molecular flexibility index (Phi) is 4.79. The fourth-order valence-electron chi connectivity index (χ4n) is 2.03. The summed E-state index contributed by atoms with van der Waals surface area (Å²) in [5.41, 5.74) is 2.02. The Hall–Kier alpha value is -1.26. The van der Waals surface area contributed by atoms with Crippen molar-refractivity contribution in [2.45, 2.75) is 52.6 Å². The van der Waals surface area contributed by atoms with E-state index in [1.807, 2.05) is 6.07 Å². The molecule has 2 rings (SSSR count). The first-order valence-electron chi connectivity index (χ1n) is 7.27. The maximum Gasteiger partial charge on any atom is 0.124 e. The molecule has 21 heavy (non-hydrogen) atoms. The highest BCUT2D eigenvalue weighted by Gasteiger charge is 2.17. The predicted octanol–water partition coefficient (Wildman–Crippen LogP) is 4.96. The number of thiazole rings is 1. The van der Waals surface area contributed by atoms with Gasteiger partial charge in [-0.3, -0.25) is 0 Å². The molecule has 0 aliphatic heterocycles. The summed E-state index contributed by atoms with van der Waals surface area (Å²) in [5, 5.41) is 4.40. The standard InChI is InChI=1S/C17H23FN2S/c1-11(2)15-14(10-19-17(3,4)5)21-16(20-15)12-7-6-8-13(18)9-12/h6-9,11,19H,10H2,1-5H3. The van der Waals surface area contributed by atoms with Gasteiger partial charge in [0.25, 0.3) is 0 Å². The molecule has 1 heterocycles. The molecule has 1 aromatic heterocycles. The largest absolute Gasteiger partial charge is 0.307 e. The van der Waals surface area contributed by atoms with Gasteiger partial charge in [-0.15, -0.1) is 11.3 Å². The van der Waals surface area contributed by atoms with Crippen LogP contribution in [0.3, 0.4) is 0 Å². The van der Waals surface area contributed by atoms with Crippen molar-refractivity contribution >= 4 is 11.3 Å². The van der Waals surface area contributed by atoms with E-state index in [-0.39, 0.29) is 11.4 Å². The molecule has 0 saturated heterocycles. The summed E-state index contributed by atoms with van der Waals surface area (Å²) in [6, 6.07) is 6.65. The van der Waals surface area contributed by atoms with E-state index in [0.29, 0.717) is 5.92 Å². The van der Waals surface area contributed by atoms with E-state index in [2.05, 4.69) is 39.9 Å². The number of rotatable bonds is 4. The van der Waals surface area contributed by atoms with Gasteiger partial charge in [-0.2, -0.15) is 0 Å². The fourth-order valence-corrected chi connectivity index (χ4v) is 3.18. The SMILES string of the molecule is CC(C)c1nc(-c2cccc(F)c2)sc1CNC(C)(C)C. The molecule has 0 fully saturated rings. The monoisotopic (exact) mass is 306 g/mol. The van der Waals surface area contributed by atoms with Gasteiger partial charge in [0.1, 0.15) is 10.8 Å². The first-order chi connectivity index (χ1) is 9.76. The lowest BCUT2D eigenvalue weighted by Crippen LogP contribution is -2.35. The molecule has 4 heteroatoms. The minimum absolute atomic E-state index is 0.0667. The number of benzene rings is 1. The minimum Gasteiger partial charge on any atom is -0.307 e. The molecule has 1 N–H and O–H groups in total. The molecule has 0 unspecified atom stereocenters. The number of nitrogens with zero attached hydrogens (tertiary/aromatic N) is 1. The second-order valence-corrected chi connectivity index (χ2v) is 7.68. The maximum atomic E-state index is 13.4. The van der Waals surface area contributed by atoms with Crippen LogP contribution < -0.4 is 5.32 Å². The average molecular weight is 306 g/mol. The van der Waals surface area contributed by atoms with E-state index in [9.17, 15) is 4.39 Å². The van der Waals surface area contributed by atoms with Crippen molar-refractivity contribution in [3.8, 4) is 10.6 Å². The second kappa shape index (κ2) is 6.24. The quantitative estimate of drug-likeness (QED) is 0.863. The van der Waals surface area contributed by atoms with Crippen LogP contribution in [0, 0.1) is 5.82 Å². The van der Waals surface area contributed by atoms with Crippen molar-refractivity contribution in [3.63, 3.8) is 0 Å². The lowest BCUT2D eigenvalue weighted by Gasteiger charge is -2.20. The first-order valence-corrected chi connectivity index (χ1v) is 8.08. The zero-order chi connectivity index (χ0) is 15.6. The van der Waals surface area contributed by atoms with Crippen LogP contribution in [0.5, 0.6) is 0 Å². The highest BCUT2D eigenvalue weighted by atomic mass is 32.1. The van der Waals surface area contributed by atoms with Crippen molar-refractivity contribution in [1.82, 2.24) is 10.3 Å². The molecule has 0 aliphatic carbocycles.